The summed E-state index contributed by atoms with van der Waals surface area (Å²) in [6.07, 6.45) is 5.56. The van der Waals surface area contributed by atoms with Gasteiger partial charge in [-0.3, -0.25) is 9.59 Å². The maximum absolute atomic E-state index is 11.5. The van der Waals surface area contributed by atoms with E-state index in [0.717, 1.165) is 47.2 Å². The van der Waals surface area contributed by atoms with Crippen LogP contribution in [0.5, 0.6) is 0 Å². The third-order valence-corrected chi connectivity index (χ3v) is 4.96. The van der Waals surface area contributed by atoms with Gasteiger partial charge >= 0.3 is 0 Å². The van der Waals surface area contributed by atoms with Gasteiger partial charge in [-0.1, -0.05) is 51.3 Å². The molecule has 0 saturated carbocycles. The molecule has 0 aliphatic heterocycles. The number of aryl methyl sites for hydroxylation is 1. The molecular weight excluding hydrogens is 374 g/mol. The molecule has 1 aromatic carbocycles. The number of hydrogen-bond donors (Lipinski definition) is 3. The van der Waals surface area contributed by atoms with E-state index in [2.05, 4.69) is 43.4 Å². The van der Waals surface area contributed by atoms with Gasteiger partial charge in [-0.15, -0.1) is 0 Å². The Morgan fingerprint density at radius 3 is 2.43 bits per heavy atom. The summed E-state index contributed by atoms with van der Waals surface area (Å²) >= 11 is 0. The lowest BCUT2D eigenvalue weighted by atomic mass is 9.97. The van der Waals surface area contributed by atoms with Crippen LogP contribution in [0.15, 0.2) is 60.9 Å². The minimum atomic E-state index is -0.260. The zero-order valence-corrected chi connectivity index (χ0v) is 18.6. The lowest BCUT2D eigenvalue weighted by Crippen LogP contribution is -2.28. The first-order valence-corrected chi connectivity index (χ1v) is 10.3. The fraction of sp³-hybridized carbons (Fsp3) is 0.360. The number of nitrogens with one attached hydrogen (secondary N) is 2. The summed E-state index contributed by atoms with van der Waals surface area (Å²) in [5.41, 5.74) is 11.5. The van der Waals surface area contributed by atoms with Gasteiger partial charge in [-0.05, 0) is 67.0 Å². The van der Waals surface area contributed by atoms with Gasteiger partial charge in [0.25, 0.3) is 0 Å². The molecule has 0 unspecified atom stereocenters. The zero-order valence-electron chi connectivity index (χ0n) is 18.6. The summed E-state index contributed by atoms with van der Waals surface area (Å²) < 4.78 is 0. The molecule has 1 aromatic rings. The predicted octanol–water partition coefficient (Wildman–Crippen LogP) is 4.16. The smallest absolute Gasteiger partial charge is 0.238 e. The summed E-state index contributed by atoms with van der Waals surface area (Å²) in [7, 11) is 0. The number of benzene rings is 1. The van der Waals surface area contributed by atoms with Crippen molar-refractivity contribution < 1.29 is 9.59 Å². The highest BCUT2D eigenvalue weighted by atomic mass is 16.1. The average Bonchev–Trinajstić information content (AvgIpc) is 2.73. The van der Waals surface area contributed by atoms with Gasteiger partial charge in [0.1, 0.15) is 0 Å². The summed E-state index contributed by atoms with van der Waals surface area (Å²) in [5, 5.41) is 6.06. The van der Waals surface area contributed by atoms with Gasteiger partial charge in [-0.2, -0.15) is 0 Å². The number of rotatable bonds is 13. The number of allylic oxidation sites excluding steroid dienone is 3. The van der Waals surface area contributed by atoms with Gasteiger partial charge in [0.05, 0.1) is 6.54 Å². The quantitative estimate of drug-likeness (QED) is 0.337. The lowest BCUT2D eigenvalue weighted by Gasteiger charge is -2.16. The minimum absolute atomic E-state index is 0.0614. The Bertz CT molecular complexity index is 850. The Kier molecular flexibility index (Phi) is 10.6. The van der Waals surface area contributed by atoms with Crippen molar-refractivity contribution in [2.75, 3.05) is 6.54 Å². The van der Waals surface area contributed by atoms with E-state index >= 15 is 0 Å². The number of Topliss-reactive ketones (excluding diaryl/α,β-unsaturated/α-hetero) is 1. The normalized spacial score (nSPS) is 11.0. The molecule has 0 saturated heterocycles. The molecule has 5 nitrogen and oxygen atoms in total. The second kappa shape index (κ2) is 12.6. The molecule has 162 valence electrons. The fourth-order valence-electron chi connectivity index (χ4n) is 2.75. The highest BCUT2D eigenvalue weighted by Gasteiger charge is 2.09. The number of hydrogen-bond acceptors (Lipinski definition) is 4. The third kappa shape index (κ3) is 8.21. The van der Waals surface area contributed by atoms with Crippen molar-refractivity contribution in [1.29, 1.82) is 0 Å². The average molecular weight is 410 g/mol. The SMILES string of the molecule is C=C(C/C=C(\C)C(C)=O)C(=C)NCc1ccc(C(=C)NC(=O)CN)cc1CCCC. The van der Waals surface area contributed by atoms with Crippen LogP contribution in [0.2, 0.25) is 0 Å². The van der Waals surface area contributed by atoms with Crippen LogP contribution in [0.25, 0.3) is 5.70 Å². The van der Waals surface area contributed by atoms with E-state index in [4.69, 9.17) is 5.73 Å². The fourth-order valence-corrected chi connectivity index (χ4v) is 2.75. The van der Waals surface area contributed by atoms with Crippen LogP contribution < -0.4 is 16.4 Å². The highest BCUT2D eigenvalue weighted by Crippen LogP contribution is 2.20. The van der Waals surface area contributed by atoms with E-state index in [1.807, 2.05) is 18.2 Å². The molecule has 0 atom stereocenters. The highest BCUT2D eigenvalue weighted by molar-refractivity contribution is 5.92. The number of carbonyl (C=O) groups excluding carboxylic acids is 2. The molecule has 30 heavy (non-hydrogen) atoms. The van der Waals surface area contributed by atoms with Crippen molar-refractivity contribution in [3.8, 4) is 0 Å². The molecule has 0 aromatic heterocycles. The van der Waals surface area contributed by atoms with Crippen molar-refractivity contribution >= 4 is 17.4 Å². The van der Waals surface area contributed by atoms with Crippen LogP contribution in [-0.2, 0) is 22.6 Å². The van der Waals surface area contributed by atoms with E-state index in [1.54, 1.807) is 13.8 Å². The molecule has 0 fully saturated rings. The minimum Gasteiger partial charge on any atom is -0.381 e. The molecule has 4 N–H and O–H groups in total. The third-order valence-electron chi connectivity index (χ3n) is 4.96. The Hall–Kier alpha value is -2.92. The van der Waals surface area contributed by atoms with Crippen molar-refractivity contribution in [3.63, 3.8) is 0 Å². The van der Waals surface area contributed by atoms with Gasteiger partial charge in [0, 0.05) is 17.9 Å². The Morgan fingerprint density at radius 1 is 1.13 bits per heavy atom. The van der Waals surface area contributed by atoms with Crippen molar-refractivity contribution in [3.05, 3.63) is 77.5 Å². The van der Waals surface area contributed by atoms with Crippen LogP contribution in [0.1, 0.15) is 56.7 Å². The number of ketones is 1. The lowest BCUT2D eigenvalue weighted by molar-refractivity contribution is -0.118. The molecule has 1 amide bonds. The molecular formula is C25H35N3O2. The second-order valence-corrected chi connectivity index (χ2v) is 7.40. The summed E-state index contributed by atoms with van der Waals surface area (Å²) in [4.78, 5) is 22.9. The first-order chi connectivity index (χ1) is 14.2. The predicted molar refractivity (Wildman–Crippen MR) is 125 cm³/mol. The van der Waals surface area contributed by atoms with E-state index < -0.39 is 0 Å². The summed E-state index contributed by atoms with van der Waals surface area (Å²) in [6.45, 7) is 18.1. The monoisotopic (exact) mass is 409 g/mol. The van der Waals surface area contributed by atoms with E-state index in [1.165, 1.54) is 5.56 Å². The van der Waals surface area contributed by atoms with Gasteiger partial charge in [0.15, 0.2) is 5.78 Å². The standard InChI is InChI=1S/C25H35N3O2/c1-7-8-9-23-14-22(20(5)28-25(30)15-26)12-13-24(23)16-27-19(4)17(2)10-11-18(3)21(6)29/h11-14,27H,2,4-5,7-10,15-16,26H2,1,3,6H3,(H,28,30)/b18-11+. The van der Waals surface area contributed by atoms with E-state index in [0.29, 0.717) is 18.7 Å². The van der Waals surface area contributed by atoms with Crippen molar-refractivity contribution in [2.24, 2.45) is 5.73 Å². The van der Waals surface area contributed by atoms with Gasteiger partial charge < -0.3 is 16.4 Å². The van der Waals surface area contributed by atoms with E-state index in [-0.39, 0.29) is 18.2 Å². The molecule has 0 aliphatic carbocycles. The van der Waals surface area contributed by atoms with Gasteiger partial charge in [-0.25, -0.2) is 0 Å². The van der Waals surface area contributed by atoms with Crippen LogP contribution in [0.3, 0.4) is 0 Å². The molecule has 0 aliphatic rings. The van der Waals surface area contributed by atoms with Gasteiger partial charge in [0.2, 0.25) is 5.91 Å². The Labute approximate surface area is 180 Å². The molecule has 0 bridgehead atoms. The van der Waals surface area contributed by atoms with Crippen molar-refractivity contribution in [1.82, 2.24) is 10.6 Å². The van der Waals surface area contributed by atoms with Crippen LogP contribution in [-0.4, -0.2) is 18.2 Å². The molecule has 0 spiro atoms. The molecule has 5 heteroatoms. The first-order valence-electron chi connectivity index (χ1n) is 10.3. The Morgan fingerprint density at radius 2 is 1.83 bits per heavy atom. The largest absolute Gasteiger partial charge is 0.381 e. The maximum Gasteiger partial charge on any atom is 0.238 e. The Balaban J connectivity index is 2.86. The van der Waals surface area contributed by atoms with E-state index in [9.17, 15) is 9.59 Å². The maximum atomic E-state index is 11.5. The summed E-state index contributed by atoms with van der Waals surface area (Å²) in [6, 6.07) is 6.06. The number of unbranched alkanes of at least 4 members (excludes halogenated alkanes) is 1. The second-order valence-electron chi connectivity index (χ2n) is 7.40. The zero-order chi connectivity index (χ0) is 22.7. The molecule has 0 heterocycles. The van der Waals surface area contributed by atoms with Crippen molar-refractivity contribution in [2.45, 2.75) is 53.0 Å². The topological polar surface area (TPSA) is 84.2 Å². The number of amides is 1. The molecule has 0 radical (unpaired) electrons. The van der Waals surface area contributed by atoms with Crippen LogP contribution >= 0.6 is 0 Å². The number of carbonyl (C=O) groups is 2. The number of nitrogens with two attached hydrogens (primary N) is 1. The van der Waals surface area contributed by atoms with Crippen LogP contribution in [0, 0.1) is 0 Å². The molecule has 1 rings (SSSR count). The van der Waals surface area contributed by atoms with Crippen LogP contribution in [0.4, 0.5) is 0 Å². The summed E-state index contributed by atoms with van der Waals surface area (Å²) in [5.74, 6) is -0.198. The first kappa shape index (κ1) is 25.1.